The van der Waals surface area contributed by atoms with Gasteiger partial charge in [-0.1, -0.05) is 87.9 Å². The Bertz CT molecular complexity index is 1310. The van der Waals surface area contributed by atoms with Gasteiger partial charge in [-0.2, -0.15) is 10.1 Å². The number of carbonyl (C=O) groups excluding carboxylic acids is 2. The summed E-state index contributed by atoms with van der Waals surface area (Å²) in [5, 5.41) is 9.55. The number of benzene rings is 3. The molecule has 0 fully saturated rings. The highest BCUT2D eigenvalue weighted by atomic mass is 79.9. The lowest BCUT2D eigenvalue weighted by molar-refractivity contribution is -0.121. The largest absolute Gasteiger partial charge is 0.326 e. The van der Waals surface area contributed by atoms with E-state index in [1.165, 1.54) is 17.3 Å². The molecule has 5 rings (SSSR count). The number of carbonyl (C=O) groups is 2. The molecule has 0 spiro atoms. The molecule has 3 aromatic rings. The Balaban J connectivity index is 1.36. The first kappa shape index (κ1) is 23.5. The van der Waals surface area contributed by atoms with E-state index in [-0.39, 0.29) is 24.3 Å². The summed E-state index contributed by atoms with van der Waals surface area (Å²) in [5.74, 6) is -0.516. The molecule has 176 valence electrons. The van der Waals surface area contributed by atoms with Gasteiger partial charge in [-0.3, -0.25) is 9.59 Å². The van der Waals surface area contributed by atoms with Crippen molar-refractivity contribution in [3.63, 3.8) is 0 Å². The molecule has 2 atom stereocenters. The SMILES string of the molecule is Cc1ccc([C@@H]2CC(c3ccc(Br)cc3)=NN2C2=NC(=O)[C@@H](CC(=O)Nc3ccccc3)S2)cc1. The van der Waals surface area contributed by atoms with Crippen LogP contribution in [-0.4, -0.2) is 33.0 Å². The fourth-order valence-corrected chi connectivity index (χ4v) is 5.38. The summed E-state index contributed by atoms with van der Waals surface area (Å²) in [4.78, 5) is 29.6. The van der Waals surface area contributed by atoms with Crippen molar-refractivity contribution in [3.05, 3.63) is 100 Å². The molecule has 0 aromatic heterocycles. The first-order valence-corrected chi connectivity index (χ1v) is 13.0. The number of halogens is 1. The fourth-order valence-electron chi connectivity index (χ4n) is 4.06. The molecule has 2 aliphatic heterocycles. The molecule has 0 radical (unpaired) electrons. The molecule has 2 amide bonds. The van der Waals surface area contributed by atoms with Crippen LogP contribution < -0.4 is 5.32 Å². The molecule has 2 aliphatic rings. The maximum Gasteiger partial charge on any atom is 0.262 e. The Morgan fingerprint density at radius 1 is 1.06 bits per heavy atom. The second-order valence-electron chi connectivity index (χ2n) is 8.49. The predicted molar refractivity (Wildman–Crippen MR) is 145 cm³/mol. The zero-order valence-corrected chi connectivity index (χ0v) is 21.4. The minimum absolute atomic E-state index is 0.0533. The van der Waals surface area contributed by atoms with E-state index in [2.05, 4.69) is 57.4 Å². The van der Waals surface area contributed by atoms with Crippen LogP contribution in [0.15, 0.2) is 93.4 Å². The lowest BCUT2D eigenvalue weighted by atomic mass is 9.98. The van der Waals surface area contributed by atoms with Crippen LogP contribution in [0, 0.1) is 6.92 Å². The number of para-hydroxylation sites is 1. The Labute approximate surface area is 216 Å². The smallest absolute Gasteiger partial charge is 0.262 e. The maximum atomic E-state index is 12.7. The molecule has 0 saturated carbocycles. The highest BCUT2D eigenvalue weighted by molar-refractivity contribution is 9.10. The third-order valence-corrected chi connectivity index (χ3v) is 7.57. The van der Waals surface area contributed by atoms with Crippen LogP contribution in [0.25, 0.3) is 0 Å². The number of hydrogen-bond acceptors (Lipinski definition) is 5. The van der Waals surface area contributed by atoms with Gasteiger partial charge in [0.1, 0.15) is 5.25 Å². The number of hydrogen-bond donors (Lipinski definition) is 1. The van der Waals surface area contributed by atoms with Crippen molar-refractivity contribution in [1.29, 1.82) is 0 Å². The zero-order chi connectivity index (χ0) is 24.4. The van der Waals surface area contributed by atoms with Crippen molar-refractivity contribution in [2.75, 3.05) is 5.32 Å². The summed E-state index contributed by atoms with van der Waals surface area (Å²) in [6.07, 6.45) is 0.745. The fraction of sp³-hybridized carbons (Fsp3) is 0.185. The minimum Gasteiger partial charge on any atom is -0.326 e. The van der Waals surface area contributed by atoms with E-state index in [9.17, 15) is 9.59 Å². The van der Waals surface area contributed by atoms with E-state index >= 15 is 0 Å². The van der Waals surface area contributed by atoms with Crippen LogP contribution >= 0.6 is 27.7 Å². The van der Waals surface area contributed by atoms with Gasteiger partial charge in [0.2, 0.25) is 5.91 Å². The van der Waals surface area contributed by atoms with Gasteiger partial charge in [-0.05, 0) is 42.3 Å². The molecule has 2 heterocycles. The number of aryl methyl sites for hydroxylation is 1. The van der Waals surface area contributed by atoms with E-state index < -0.39 is 5.25 Å². The number of hydrazone groups is 1. The summed E-state index contributed by atoms with van der Waals surface area (Å²) in [7, 11) is 0. The quantitative estimate of drug-likeness (QED) is 0.430. The molecule has 1 N–H and O–H groups in total. The molecule has 3 aromatic carbocycles. The van der Waals surface area contributed by atoms with Crippen LogP contribution in [0.1, 0.15) is 35.6 Å². The van der Waals surface area contributed by atoms with Gasteiger partial charge in [-0.25, -0.2) is 5.01 Å². The molecule has 0 aliphatic carbocycles. The number of amides is 2. The summed E-state index contributed by atoms with van der Waals surface area (Å²) in [6.45, 7) is 2.06. The van der Waals surface area contributed by atoms with Crippen molar-refractivity contribution in [2.45, 2.75) is 31.1 Å². The zero-order valence-electron chi connectivity index (χ0n) is 19.0. The van der Waals surface area contributed by atoms with Gasteiger partial charge in [0.05, 0.1) is 11.8 Å². The molecule has 35 heavy (non-hydrogen) atoms. The van der Waals surface area contributed by atoms with Crippen LogP contribution in [0.5, 0.6) is 0 Å². The van der Waals surface area contributed by atoms with E-state index in [1.54, 1.807) is 0 Å². The van der Waals surface area contributed by atoms with E-state index in [4.69, 9.17) is 5.10 Å². The van der Waals surface area contributed by atoms with Crippen LogP contribution in [0.3, 0.4) is 0 Å². The molecule has 8 heteroatoms. The monoisotopic (exact) mass is 546 g/mol. The average Bonchev–Trinajstić information content (AvgIpc) is 3.45. The Hall–Kier alpha value is -3.23. The summed E-state index contributed by atoms with van der Waals surface area (Å²) in [6, 6.07) is 25.6. The van der Waals surface area contributed by atoms with Crippen LogP contribution in [0.4, 0.5) is 5.69 Å². The molecular weight excluding hydrogens is 524 g/mol. The minimum atomic E-state index is -0.570. The second-order valence-corrected chi connectivity index (χ2v) is 10.6. The number of aliphatic imine (C=N–C) groups is 1. The number of anilines is 1. The van der Waals surface area contributed by atoms with Gasteiger partial charge < -0.3 is 5.32 Å². The first-order chi connectivity index (χ1) is 17.0. The van der Waals surface area contributed by atoms with Crippen molar-refractivity contribution >= 4 is 56.1 Å². The highest BCUT2D eigenvalue weighted by Gasteiger charge is 2.39. The summed E-state index contributed by atoms with van der Waals surface area (Å²) in [5.41, 5.74) is 4.95. The van der Waals surface area contributed by atoms with Crippen LogP contribution in [0.2, 0.25) is 0 Å². The van der Waals surface area contributed by atoms with Crippen molar-refractivity contribution in [1.82, 2.24) is 5.01 Å². The Kier molecular flexibility index (Phi) is 6.83. The lowest BCUT2D eigenvalue weighted by Gasteiger charge is -2.23. The average molecular weight is 547 g/mol. The molecule has 6 nitrogen and oxygen atoms in total. The van der Waals surface area contributed by atoms with Gasteiger partial charge in [0.25, 0.3) is 5.91 Å². The number of amidine groups is 1. The van der Waals surface area contributed by atoms with Gasteiger partial charge in [0, 0.05) is 23.0 Å². The third-order valence-electron chi connectivity index (χ3n) is 5.90. The Morgan fingerprint density at radius 2 is 1.77 bits per heavy atom. The van der Waals surface area contributed by atoms with E-state index in [0.29, 0.717) is 17.3 Å². The number of nitrogens with zero attached hydrogens (tertiary/aromatic N) is 3. The van der Waals surface area contributed by atoms with E-state index in [0.717, 1.165) is 21.3 Å². The van der Waals surface area contributed by atoms with Crippen molar-refractivity contribution in [3.8, 4) is 0 Å². The molecule has 0 unspecified atom stereocenters. The number of nitrogens with one attached hydrogen (secondary N) is 1. The predicted octanol–water partition coefficient (Wildman–Crippen LogP) is 5.94. The molecule has 0 saturated heterocycles. The standard InChI is InChI=1S/C27H23BrN4O2S/c1-17-7-9-19(10-8-17)23-15-22(18-11-13-20(28)14-12-18)31-32(23)27-30-26(34)24(35-27)16-25(33)29-21-5-3-2-4-6-21/h2-14,23-24H,15-16H2,1H3,(H,29,33)/t23-,24+/m0/s1. The van der Waals surface area contributed by atoms with Gasteiger partial charge in [0.15, 0.2) is 5.17 Å². The van der Waals surface area contributed by atoms with Crippen molar-refractivity contribution < 1.29 is 9.59 Å². The molecular formula is C27H23BrN4O2S. The summed E-state index contributed by atoms with van der Waals surface area (Å²) >= 11 is 4.79. The van der Waals surface area contributed by atoms with Crippen LogP contribution in [-0.2, 0) is 9.59 Å². The Morgan fingerprint density at radius 3 is 2.49 bits per heavy atom. The topological polar surface area (TPSA) is 74.1 Å². The lowest BCUT2D eigenvalue weighted by Crippen LogP contribution is -2.25. The third kappa shape index (κ3) is 5.39. The van der Waals surface area contributed by atoms with Gasteiger partial charge >= 0.3 is 0 Å². The van der Waals surface area contributed by atoms with E-state index in [1.807, 2.05) is 59.6 Å². The second kappa shape index (κ2) is 10.2. The van der Waals surface area contributed by atoms with Crippen molar-refractivity contribution in [2.24, 2.45) is 10.1 Å². The molecule has 0 bridgehead atoms. The number of thioether (sulfide) groups is 1. The highest BCUT2D eigenvalue weighted by Crippen LogP contribution is 2.38. The number of rotatable bonds is 5. The van der Waals surface area contributed by atoms with Gasteiger partial charge in [-0.15, -0.1) is 0 Å². The normalized spacial score (nSPS) is 19.5. The maximum absolute atomic E-state index is 12.7. The summed E-state index contributed by atoms with van der Waals surface area (Å²) < 4.78 is 1.00. The first-order valence-electron chi connectivity index (χ1n) is 11.3.